The van der Waals surface area contributed by atoms with Crippen LogP contribution in [0, 0.1) is 17.4 Å². The van der Waals surface area contributed by atoms with E-state index in [9.17, 15) is 24.0 Å². The molecule has 3 aromatic carbocycles. The van der Waals surface area contributed by atoms with Crippen LogP contribution in [-0.4, -0.2) is 94.8 Å². The van der Waals surface area contributed by atoms with Gasteiger partial charge in [-0.05, 0) is 129 Å². The van der Waals surface area contributed by atoms with Crippen LogP contribution in [-0.2, 0) is 22.7 Å². The van der Waals surface area contributed by atoms with Crippen LogP contribution in [0.4, 0.5) is 17.1 Å². The fourth-order valence-corrected chi connectivity index (χ4v) is 11.9. The zero-order valence-corrected chi connectivity index (χ0v) is 34.3. The van der Waals surface area contributed by atoms with Gasteiger partial charge in [-0.25, -0.2) is 4.85 Å². The van der Waals surface area contributed by atoms with Crippen molar-refractivity contribution in [1.82, 2.24) is 14.7 Å². The van der Waals surface area contributed by atoms with Crippen molar-refractivity contribution in [2.45, 2.75) is 102 Å². The van der Waals surface area contributed by atoms with Gasteiger partial charge in [0.1, 0.15) is 5.78 Å². The SMILES string of the molecule is [C-]#[N+]c1ccc(N2CC3(CCN(c4ccc(C(=O)N5CCC6(CC5)CC(N5Cc7cc8c(cc7C5)C(=O)N(C5CCC(=O)CC5=O)C8=O)C6)cc4)CC3)C[C@@H]2C)cc1Cl. The quantitative estimate of drug-likeness (QED) is 0.149. The van der Waals surface area contributed by atoms with Crippen molar-refractivity contribution in [3.8, 4) is 0 Å². The number of piperidine rings is 2. The normalized spacial score (nSPS) is 25.2. The molecular formula is C47H49ClN6O5. The number of rotatable bonds is 5. The fraction of sp³-hybridized carbons (Fsp3) is 0.489. The van der Waals surface area contributed by atoms with Gasteiger partial charge in [0.25, 0.3) is 17.7 Å². The number of carbonyl (C=O) groups is 5. The molecular weight excluding hydrogens is 764 g/mol. The molecule has 5 fully saturated rings. The number of likely N-dealkylation sites (tertiary alicyclic amines) is 1. The predicted molar refractivity (Wildman–Crippen MR) is 224 cm³/mol. The van der Waals surface area contributed by atoms with Gasteiger partial charge in [0.2, 0.25) is 5.69 Å². The molecule has 5 aliphatic heterocycles. The van der Waals surface area contributed by atoms with Gasteiger partial charge in [0, 0.05) is 86.3 Å². The Bertz CT molecular complexity index is 2290. The summed E-state index contributed by atoms with van der Waals surface area (Å²) in [5.41, 5.74) is 6.89. The molecule has 12 heteroatoms. The first-order chi connectivity index (χ1) is 28.4. The van der Waals surface area contributed by atoms with Crippen molar-refractivity contribution >= 4 is 58.0 Å². The highest BCUT2D eigenvalue weighted by Gasteiger charge is 2.50. The summed E-state index contributed by atoms with van der Waals surface area (Å²) >= 11 is 6.39. The highest BCUT2D eigenvalue weighted by Crippen LogP contribution is 2.53. The molecule has 2 atom stereocenters. The minimum atomic E-state index is -0.849. The molecule has 0 bridgehead atoms. The molecule has 3 aromatic rings. The van der Waals surface area contributed by atoms with E-state index in [0.717, 1.165) is 118 Å². The minimum absolute atomic E-state index is 0.108. The van der Waals surface area contributed by atoms with Gasteiger partial charge >= 0.3 is 0 Å². The van der Waals surface area contributed by atoms with Gasteiger partial charge in [0.05, 0.1) is 30.2 Å². The second-order valence-corrected chi connectivity index (χ2v) is 19.0. The van der Waals surface area contributed by atoms with Gasteiger partial charge in [-0.1, -0.05) is 17.7 Å². The molecule has 3 amide bonds. The molecule has 59 heavy (non-hydrogen) atoms. The Kier molecular flexibility index (Phi) is 9.25. The van der Waals surface area contributed by atoms with E-state index in [0.29, 0.717) is 33.9 Å². The van der Waals surface area contributed by atoms with Gasteiger partial charge in [-0.3, -0.25) is 33.8 Å². The molecule has 5 heterocycles. The zero-order chi connectivity index (χ0) is 40.8. The predicted octanol–water partition coefficient (Wildman–Crippen LogP) is 7.46. The number of imide groups is 1. The Morgan fingerprint density at radius 3 is 2.03 bits per heavy atom. The van der Waals surface area contributed by atoms with Crippen molar-refractivity contribution in [2.75, 3.05) is 42.5 Å². The van der Waals surface area contributed by atoms with E-state index in [4.69, 9.17) is 18.2 Å². The van der Waals surface area contributed by atoms with Crippen molar-refractivity contribution in [1.29, 1.82) is 0 Å². The van der Waals surface area contributed by atoms with E-state index in [1.165, 1.54) is 5.69 Å². The summed E-state index contributed by atoms with van der Waals surface area (Å²) in [5, 5.41) is 0.516. The lowest BCUT2D eigenvalue weighted by Crippen LogP contribution is -2.54. The zero-order valence-electron chi connectivity index (χ0n) is 33.6. The second kappa shape index (κ2) is 14.3. The lowest BCUT2D eigenvalue weighted by molar-refractivity contribution is -0.132. The van der Waals surface area contributed by atoms with Crippen molar-refractivity contribution < 1.29 is 24.0 Å². The molecule has 2 saturated carbocycles. The molecule has 10 rings (SSSR count). The van der Waals surface area contributed by atoms with E-state index in [1.807, 2.05) is 47.4 Å². The van der Waals surface area contributed by atoms with Crippen LogP contribution in [0.15, 0.2) is 54.6 Å². The van der Waals surface area contributed by atoms with Gasteiger partial charge in [-0.2, -0.15) is 0 Å². The number of hydrogen-bond acceptors (Lipinski definition) is 8. The van der Waals surface area contributed by atoms with Crippen LogP contribution in [0.25, 0.3) is 4.85 Å². The van der Waals surface area contributed by atoms with Crippen molar-refractivity contribution in [3.05, 3.63) is 98.9 Å². The summed E-state index contributed by atoms with van der Waals surface area (Å²) in [6, 6.07) is 17.7. The molecule has 2 spiro atoms. The Morgan fingerprint density at radius 1 is 0.797 bits per heavy atom. The van der Waals surface area contributed by atoms with Crippen LogP contribution in [0.5, 0.6) is 0 Å². The molecule has 7 aliphatic rings. The third-order valence-electron chi connectivity index (χ3n) is 15.2. The minimum Gasteiger partial charge on any atom is -0.371 e. The Balaban J connectivity index is 0.695. The summed E-state index contributed by atoms with van der Waals surface area (Å²) < 4.78 is 0. The molecule has 2 aliphatic carbocycles. The molecule has 3 saturated heterocycles. The first-order valence-electron chi connectivity index (χ1n) is 21.3. The molecule has 304 valence electrons. The highest BCUT2D eigenvalue weighted by atomic mass is 35.5. The standard InChI is InChI=1S/C47H49ClN6O5/c1-29-23-47(28-53(29)34-7-9-40(49-2)39(48)21-34)13-15-50(16-14-47)33-5-3-30(4-6-33)43(57)51-17-11-46(12-18-51)24-35(25-46)52-26-31-19-37-38(20-32(31)27-52)45(59)54(44(37)58)41-10-8-36(55)22-42(41)56/h3-7,9,19-21,29,35,41H,8,10-18,22-28H2,1H3/t29-,41?/m0/s1. The summed E-state index contributed by atoms with van der Waals surface area (Å²) in [4.78, 5) is 78.8. The molecule has 0 aromatic heterocycles. The summed E-state index contributed by atoms with van der Waals surface area (Å²) in [5.74, 6) is -1.21. The number of benzene rings is 3. The first kappa shape index (κ1) is 38.2. The van der Waals surface area contributed by atoms with Gasteiger partial charge in [0.15, 0.2) is 5.78 Å². The number of hydrogen-bond donors (Lipinski definition) is 0. The summed E-state index contributed by atoms with van der Waals surface area (Å²) in [6.07, 6.45) is 7.75. The largest absolute Gasteiger partial charge is 0.371 e. The Labute approximate surface area is 350 Å². The van der Waals surface area contributed by atoms with Crippen molar-refractivity contribution in [2.24, 2.45) is 10.8 Å². The number of ketones is 2. The smallest absolute Gasteiger partial charge is 0.262 e. The van der Waals surface area contributed by atoms with E-state index in [-0.39, 0.29) is 47.6 Å². The van der Waals surface area contributed by atoms with Crippen LogP contribution in [0.2, 0.25) is 5.02 Å². The first-order valence-corrected chi connectivity index (χ1v) is 21.7. The summed E-state index contributed by atoms with van der Waals surface area (Å²) in [6.45, 7) is 15.6. The monoisotopic (exact) mass is 812 g/mol. The number of anilines is 2. The maximum absolute atomic E-state index is 13.7. The molecule has 1 unspecified atom stereocenters. The van der Waals surface area contributed by atoms with Gasteiger partial charge < -0.3 is 14.7 Å². The van der Waals surface area contributed by atoms with Gasteiger partial charge in [-0.15, -0.1) is 0 Å². The highest BCUT2D eigenvalue weighted by molar-refractivity contribution is 6.33. The third kappa shape index (κ3) is 6.54. The lowest BCUT2D eigenvalue weighted by atomic mass is 9.60. The van der Waals surface area contributed by atoms with E-state index < -0.39 is 17.9 Å². The summed E-state index contributed by atoms with van der Waals surface area (Å²) in [7, 11) is 0. The molecule has 0 radical (unpaired) electrons. The maximum atomic E-state index is 13.7. The number of Topliss-reactive ketones (excluding diaryl/α,β-unsaturated/α-hetero) is 2. The average Bonchev–Trinajstić information content (AvgIpc) is 3.86. The van der Waals surface area contributed by atoms with Crippen LogP contribution < -0.4 is 9.80 Å². The molecule has 0 N–H and O–H groups in total. The fourth-order valence-electron chi connectivity index (χ4n) is 11.7. The lowest BCUT2D eigenvalue weighted by Gasteiger charge is -2.54. The number of amides is 3. The van der Waals surface area contributed by atoms with Crippen LogP contribution in [0.3, 0.4) is 0 Å². The van der Waals surface area contributed by atoms with E-state index in [2.05, 4.69) is 38.6 Å². The maximum Gasteiger partial charge on any atom is 0.262 e. The number of halogens is 1. The van der Waals surface area contributed by atoms with Crippen LogP contribution in [0.1, 0.15) is 113 Å². The third-order valence-corrected chi connectivity index (χ3v) is 15.5. The van der Waals surface area contributed by atoms with Crippen molar-refractivity contribution in [3.63, 3.8) is 0 Å². The van der Waals surface area contributed by atoms with E-state index in [1.54, 1.807) is 0 Å². The number of nitrogens with zero attached hydrogens (tertiary/aromatic N) is 6. The Hall–Kier alpha value is -5.05. The average molecular weight is 813 g/mol. The number of carbonyl (C=O) groups excluding carboxylic acids is 5. The topological polar surface area (TPSA) is 106 Å². The molecule has 11 nitrogen and oxygen atoms in total. The number of fused-ring (bicyclic) bond motifs is 2. The second-order valence-electron chi connectivity index (χ2n) is 18.6. The van der Waals surface area contributed by atoms with E-state index >= 15 is 0 Å². The van der Waals surface area contributed by atoms with Crippen LogP contribution >= 0.6 is 11.6 Å². The Morgan fingerprint density at radius 2 is 1.42 bits per heavy atom.